The minimum absolute atomic E-state index is 0.117. The number of esters is 1. The number of nitrogens with one attached hydrogen (secondary N) is 2. The number of nitrogens with zero attached hydrogens (tertiary/aromatic N) is 1. The first-order valence-electron chi connectivity index (χ1n) is 10.9. The second kappa shape index (κ2) is 10.4. The summed E-state index contributed by atoms with van der Waals surface area (Å²) in [5.74, 6) is -1.18. The fourth-order valence-electron chi connectivity index (χ4n) is 3.59. The van der Waals surface area contributed by atoms with Crippen LogP contribution in [0.25, 0.3) is 0 Å². The van der Waals surface area contributed by atoms with Crippen molar-refractivity contribution >= 4 is 29.6 Å². The highest BCUT2D eigenvalue weighted by atomic mass is 16.6. The monoisotopic (exact) mass is 467 g/mol. The second-order valence-corrected chi connectivity index (χ2v) is 8.98. The van der Waals surface area contributed by atoms with Crippen LogP contribution in [0.1, 0.15) is 47.9 Å². The van der Waals surface area contributed by atoms with Gasteiger partial charge in [-0.05, 0) is 57.2 Å². The zero-order valence-electron chi connectivity index (χ0n) is 19.7. The van der Waals surface area contributed by atoms with E-state index in [1.165, 1.54) is 12.0 Å². The lowest BCUT2D eigenvalue weighted by Crippen LogP contribution is -2.44. The molecule has 0 aromatic heterocycles. The van der Waals surface area contributed by atoms with Gasteiger partial charge in [0, 0.05) is 35.8 Å². The van der Waals surface area contributed by atoms with Crippen molar-refractivity contribution in [1.29, 1.82) is 0 Å². The number of amides is 3. The molecule has 1 fully saturated rings. The lowest BCUT2D eigenvalue weighted by atomic mass is 10.1. The molecule has 0 saturated carbocycles. The fraction of sp³-hybridized carbons (Fsp3) is 0.360. The van der Waals surface area contributed by atoms with Crippen LogP contribution in [0, 0.1) is 0 Å². The fourth-order valence-corrected chi connectivity index (χ4v) is 3.59. The Kier molecular flexibility index (Phi) is 7.55. The third-order valence-electron chi connectivity index (χ3n) is 5.18. The second-order valence-electron chi connectivity index (χ2n) is 8.98. The number of carbonyl (C=O) groups excluding carboxylic acids is 4. The van der Waals surface area contributed by atoms with E-state index in [2.05, 4.69) is 10.6 Å². The molecular formula is C25H29N3O6. The smallest absolute Gasteiger partial charge is 0.411 e. The van der Waals surface area contributed by atoms with Crippen molar-refractivity contribution in [2.45, 2.75) is 44.9 Å². The Hall–Kier alpha value is -3.88. The van der Waals surface area contributed by atoms with Crippen molar-refractivity contribution < 1.29 is 28.7 Å². The molecule has 180 valence electrons. The summed E-state index contributed by atoms with van der Waals surface area (Å²) in [7, 11) is 1.25. The van der Waals surface area contributed by atoms with E-state index in [1.807, 2.05) is 6.07 Å². The summed E-state index contributed by atoms with van der Waals surface area (Å²) in [5, 5.41) is 5.63. The third kappa shape index (κ3) is 6.34. The Morgan fingerprint density at radius 2 is 1.53 bits per heavy atom. The van der Waals surface area contributed by atoms with E-state index < -0.39 is 29.7 Å². The van der Waals surface area contributed by atoms with E-state index in [4.69, 9.17) is 9.47 Å². The number of likely N-dealkylation sites (tertiary alicyclic amines) is 1. The first kappa shape index (κ1) is 24.8. The molecule has 0 unspecified atom stereocenters. The maximum Gasteiger partial charge on any atom is 0.411 e. The Balaban J connectivity index is 1.62. The van der Waals surface area contributed by atoms with Crippen LogP contribution in [0.15, 0.2) is 54.6 Å². The maximum atomic E-state index is 12.8. The van der Waals surface area contributed by atoms with Crippen molar-refractivity contribution in [3.8, 4) is 0 Å². The average Bonchev–Trinajstić information content (AvgIpc) is 3.22. The number of rotatable bonds is 5. The molecule has 9 nitrogen and oxygen atoms in total. The predicted molar refractivity (Wildman–Crippen MR) is 125 cm³/mol. The van der Waals surface area contributed by atoms with E-state index >= 15 is 0 Å². The van der Waals surface area contributed by atoms with Gasteiger partial charge in [-0.2, -0.15) is 0 Å². The van der Waals surface area contributed by atoms with Crippen LogP contribution in [-0.2, 0) is 14.3 Å². The number of ether oxygens (including phenoxy) is 2. The van der Waals surface area contributed by atoms with E-state index in [-0.39, 0.29) is 24.8 Å². The SMILES string of the molecule is COC(=O)[C@@H]1C[C@H](NC(=O)c2ccc(NC(=O)c3ccccc3)cc2)CN1C(=O)OC(C)(C)C. The summed E-state index contributed by atoms with van der Waals surface area (Å²) in [6.07, 6.45) is -0.429. The Labute approximate surface area is 198 Å². The number of hydrogen-bond donors (Lipinski definition) is 2. The zero-order valence-corrected chi connectivity index (χ0v) is 19.7. The van der Waals surface area contributed by atoms with E-state index in [0.29, 0.717) is 16.8 Å². The van der Waals surface area contributed by atoms with Gasteiger partial charge >= 0.3 is 12.1 Å². The number of carbonyl (C=O) groups is 4. The van der Waals surface area contributed by atoms with Crippen molar-refractivity contribution in [2.24, 2.45) is 0 Å². The molecule has 34 heavy (non-hydrogen) atoms. The molecule has 0 spiro atoms. The Morgan fingerprint density at radius 3 is 2.12 bits per heavy atom. The average molecular weight is 468 g/mol. The molecule has 2 aromatic rings. The molecule has 1 heterocycles. The van der Waals surface area contributed by atoms with Gasteiger partial charge < -0.3 is 20.1 Å². The number of benzene rings is 2. The van der Waals surface area contributed by atoms with Gasteiger partial charge in [0.05, 0.1) is 7.11 Å². The minimum Gasteiger partial charge on any atom is -0.467 e. The van der Waals surface area contributed by atoms with Crippen molar-refractivity contribution in [1.82, 2.24) is 10.2 Å². The van der Waals surface area contributed by atoms with Crippen LogP contribution in [0.4, 0.5) is 10.5 Å². The van der Waals surface area contributed by atoms with Crippen LogP contribution in [0.2, 0.25) is 0 Å². The van der Waals surface area contributed by atoms with Crippen LogP contribution >= 0.6 is 0 Å². The van der Waals surface area contributed by atoms with Gasteiger partial charge in [0.25, 0.3) is 11.8 Å². The molecule has 3 rings (SSSR count). The summed E-state index contributed by atoms with van der Waals surface area (Å²) >= 11 is 0. The van der Waals surface area contributed by atoms with Crippen LogP contribution < -0.4 is 10.6 Å². The first-order chi connectivity index (χ1) is 16.1. The molecule has 2 aromatic carbocycles. The molecule has 9 heteroatoms. The maximum absolute atomic E-state index is 12.8. The Bertz CT molecular complexity index is 1050. The van der Waals surface area contributed by atoms with Gasteiger partial charge in [0.1, 0.15) is 11.6 Å². The van der Waals surface area contributed by atoms with Crippen molar-refractivity contribution in [3.05, 3.63) is 65.7 Å². The molecule has 2 atom stereocenters. The highest BCUT2D eigenvalue weighted by molar-refractivity contribution is 6.04. The van der Waals surface area contributed by atoms with Gasteiger partial charge in [0.2, 0.25) is 0 Å². The molecule has 1 saturated heterocycles. The standard InChI is InChI=1S/C25H29N3O6/c1-25(2,3)34-24(32)28-15-19(14-20(28)23(31)33-4)27-22(30)17-10-12-18(13-11-17)26-21(29)16-8-6-5-7-9-16/h5-13,19-20H,14-15H2,1-4H3,(H,26,29)(H,27,30)/t19-,20-/m0/s1. The quantitative estimate of drug-likeness (QED) is 0.653. The highest BCUT2D eigenvalue weighted by Crippen LogP contribution is 2.23. The third-order valence-corrected chi connectivity index (χ3v) is 5.18. The van der Waals surface area contributed by atoms with Gasteiger partial charge in [-0.15, -0.1) is 0 Å². The van der Waals surface area contributed by atoms with E-state index in [0.717, 1.165) is 0 Å². The largest absolute Gasteiger partial charge is 0.467 e. The molecule has 1 aliphatic rings. The van der Waals surface area contributed by atoms with Crippen LogP contribution in [0.5, 0.6) is 0 Å². The Morgan fingerprint density at radius 1 is 0.912 bits per heavy atom. The van der Waals surface area contributed by atoms with Crippen molar-refractivity contribution in [3.63, 3.8) is 0 Å². The van der Waals surface area contributed by atoms with Crippen molar-refractivity contribution in [2.75, 3.05) is 19.0 Å². The molecule has 1 aliphatic heterocycles. The van der Waals surface area contributed by atoms with E-state index in [9.17, 15) is 19.2 Å². The highest BCUT2D eigenvalue weighted by Gasteiger charge is 2.42. The number of methoxy groups -OCH3 is 1. The minimum atomic E-state index is -0.847. The van der Waals surface area contributed by atoms with Gasteiger partial charge in [-0.1, -0.05) is 18.2 Å². The molecule has 0 aliphatic carbocycles. The summed E-state index contributed by atoms with van der Waals surface area (Å²) in [4.78, 5) is 51.1. The molecule has 3 amide bonds. The molecule has 2 N–H and O–H groups in total. The lowest BCUT2D eigenvalue weighted by Gasteiger charge is -2.27. The van der Waals surface area contributed by atoms with Crippen LogP contribution in [-0.4, -0.2) is 60.1 Å². The topological polar surface area (TPSA) is 114 Å². The first-order valence-corrected chi connectivity index (χ1v) is 10.9. The summed E-state index contributed by atoms with van der Waals surface area (Å²) < 4.78 is 10.2. The van der Waals surface area contributed by atoms with Gasteiger partial charge in [0.15, 0.2) is 0 Å². The van der Waals surface area contributed by atoms with Crippen LogP contribution in [0.3, 0.4) is 0 Å². The van der Waals surface area contributed by atoms with Gasteiger partial charge in [-0.3, -0.25) is 14.5 Å². The summed E-state index contributed by atoms with van der Waals surface area (Å²) in [6, 6.07) is 13.9. The van der Waals surface area contributed by atoms with Gasteiger partial charge in [-0.25, -0.2) is 9.59 Å². The van der Waals surface area contributed by atoms with E-state index in [1.54, 1.807) is 69.3 Å². The number of hydrogen-bond acceptors (Lipinski definition) is 6. The molecule has 0 bridgehead atoms. The number of anilines is 1. The normalized spacial score (nSPS) is 17.6. The predicted octanol–water partition coefficient (Wildman–Crippen LogP) is 3.22. The zero-order chi connectivity index (χ0) is 24.9. The molecular weight excluding hydrogens is 438 g/mol. The molecule has 0 radical (unpaired) electrons. The lowest BCUT2D eigenvalue weighted by molar-refractivity contribution is -0.145. The summed E-state index contributed by atoms with van der Waals surface area (Å²) in [5.41, 5.74) is 0.730. The summed E-state index contributed by atoms with van der Waals surface area (Å²) in [6.45, 7) is 5.32.